The molecule has 4 heteroatoms. The van der Waals surface area contributed by atoms with Crippen LogP contribution >= 0.6 is 0 Å². The van der Waals surface area contributed by atoms with Crippen LogP contribution in [0.5, 0.6) is 11.5 Å². The zero-order chi connectivity index (χ0) is 13.0. The highest BCUT2D eigenvalue weighted by Gasteiger charge is 2.18. The molecule has 0 aromatic heterocycles. The minimum Gasteiger partial charge on any atom is -0.493 e. The molecule has 0 spiro atoms. The van der Waals surface area contributed by atoms with Crippen molar-refractivity contribution < 1.29 is 14.2 Å². The lowest BCUT2D eigenvalue weighted by molar-refractivity contribution is 0.188. The lowest BCUT2D eigenvalue weighted by Gasteiger charge is -2.19. The molecule has 2 atom stereocenters. The van der Waals surface area contributed by atoms with Gasteiger partial charge in [-0.3, -0.25) is 0 Å². The third-order valence-electron chi connectivity index (χ3n) is 3.32. The predicted octanol–water partition coefficient (Wildman–Crippen LogP) is 2.14. The minimum absolute atomic E-state index is 0.275. The van der Waals surface area contributed by atoms with E-state index >= 15 is 0 Å². The summed E-state index contributed by atoms with van der Waals surface area (Å²) in [6, 6.07) is 6.75. The van der Waals surface area contributed by atoms with Crippen molar-refractivity contribution in [3.05, 3.63) is 23.8 Å². The summed E-state index contributed by atoms with van der Waals surface area (Å²) in [5.41, 5.74) is 1.19. The molecule has 2 rings (SSSR count). The molecule has 1 heterocycles. The van der Waals surface area contributed by atoms with Crippen molar-refractivity contribution >= 4 is 0 Å². The minimum atomic E-state index is 0.275. The van der Waals surface area contributed by atoms with Gasteiger partial charge in [-0.15, -0.1) is 0 Å². The summed E-state index contributed by atoms with van der Waals surface area (Å²) in [5, 5.41) is 3.56. The van der Waals surface area contributed by atoms with Gasteiger partial charge >= 0.3 is 0 Å². The molecule has 0 amide bonds. The Balaban J connectivity index is 2.06. The highest BCUT2D eigenvalue weighted by molar-refractivity contribution is 5.43. The van der Waals surface area contributed by atoms with Gasteiger partial charge in [-0.05, 0) is 31.0 Å². The second kappa shape index (κ2) is 6.07. The Morgan fingerprint density at radius 3 is 2.67 bits per heavy atom. The molecule has 0 radical (unpaired) electrons. The van der Waals surface area contributed by atoms with E-state index in [2.05, 4.69) is 18.3 Å². The van der Waals surface area contributed by atoms with Crippen LogP contribution in [0.15, 0.2) is 18.2 Å². The van der Waals surface area contributed by atoms with Gasteiger partial charge in [-0.25, -0.2) is 0 Å². The van der Waals surface area contributed by atoms with E-state index in [1.165, 1.54) is 5.56 Å². The number of rotatable bonds is 5. The van der Waals surface area contributed by atoms with Gasteiger partial charge in [0.25, 0.3) is 0 Å². The number of nitrogens with one attached hydrogen (secondary N) is 1. The van der Waals surface area contributed by atoms with Crippen molar-refractivity contribution in [2.75, 3.05) is 27.4 Å². The number of hydrogen-bond acceptors (Lipinski definition) is 4. The Labute approximate surface area is 108 Å². The van der Waals surface area contributed by atoms with Gasteiger partial charge in [0.1, 0.15) is 0 Å². The van der Waals surface area contributed by atoms with E-state index in [9.17, 15) is 0 Å². The van der Waals surface area contributed by atoms with Crippen molar-refractivity contribution in [3.8, 4) is 11.5 Å². The van der Waals surface area contributed by atoms with E-state index in [-0.39, 0.29) is 6.04 Å². The molecule has 1 aromatic carbocycles. The van der Waals surface area contributed by atoms with Gasteiger partial charge in [0.05, 0.1) is 20.8 Å². The van der Waals surface area contributed by atoms with Crippen LogP contribution in [0.2, 0.25) is 0 Å². The molecule has 1 N–H and O–H groups in total. The van der Waals surface area contributed by atoms with E-state index in [0.29, 0.717) is 6.04 Å². The molecule has 1 aliphatic rings. The number of ether oxygens (including phenoxy) is 3. The molecule has 4 nitrogen and oxygen atoms in total. The fourth-order valence-corrected chi connectivity index (χ4v) is 2.24. The molecular weight excluding hydrogens is 230 g/mol. The van der Waals surface area contributed by atoms with Crippen LogP contribution in [0.25, 0.3) is 0 Å². The first-order chi connectivity index (χ1) is 8.74. The van der Waals surface area contributed by atoms with E-state index in [0.717, 1.165) is 31.1 Å². The monoisotopic (exact) mass is 251 g/mol. The van der Waals surface area contributed by atoms with Gasteiger partial charge < -0.3 is 19.5 Å². The maximum absolute atomic E-state index is 5.37. The molecule has 0 saturated carbocycles. The first kappa shape index (κ1) is 13.2. The van der Waals surface area contributed by atoms with Crippen molar-refractivity contribution in [1.82, 2.24) is 5.32 Å². The second-order valence-corrected chi connectivity index (χ2v) is 4.56. The average Bonchev–Trinajstić information content (AvgIpc) is 2.90. The highest BCUT2D eigenvalue weighted by atomic mass is 16.5. The van der Waals surface area contributed by atoms with Gasteiger partial charge in [-0.1, -0.05) is 6.07 Å². The number of benzene rings is 1. The summed E-state index contributed by atoms with van der Waals surface area (Å²) in [7, 11) is 3.31. The lowest BCUT2D eigenvalue weighted by atomic mass is 10.1. The molecule has 1 fully saturated rings. The SMILES string of the molecule is COc1ccc(C(C)NC2CCOC2)cc1OC. The fourth-order valence-electron chi connectivity index (χ4n) is 2.24. The largest absolute Gasteiger partial charge is 0.493 e. The van der Waals surface area contributed by atoms with E-state index < -0.39 is 0 Å². The van der Waals surface area contributed by atoms with Crippen LogP contribution in [0, 0.1) is 0 Å². The molecule has 100 valence electrons. The molecule has 1 saturated heterocycles. The Hall–Kier alpha value is -1.26. The van der Waals surface area contributed by atoms with E-state index in [4.69, 9.17) is 14.2 Å². The summed E-state index contributed by atoms with van der Waals surface area (Å²) < 4.78 is 15.9. The van der Waals surface area contributed by atoms with Gasteiger partial charge in [-0.2, -0.15) is 0 Å². The van der Waals surface area contributed by atoms with Crippen LogP contribution in [0.4, 0.5) is 0 Å². The topological polar surface area (TPSA) is 39.7 Å². The van der Waals surface area contributed by atoms with Crippen molar-refractivity contribution in [1.29, 1.82) is 0 Å². The highest BCUT2D eigenvalue weighted by Crippen LogP contribution is 2.30. The first-order valence-electron chi connectivity index (χ1n) is 6.30. The van der Waals surface area contributed by atoms with Crippen molar-refractivity contribution in [2.24, 2.45) is 0 Å². The van der Waals surface area contributed by atoms with Gasteiger partial charge in [0.15, 0.2) is 11.5 Å². The molecular formula is C14H21NO3. The second-order valence-electron chi connectivity index (χ2n) is 4.56. The van der Waals surface area contributed by atoms with Crippen molar-refractivity contribution in [2.45, 2.75) is 25.4 Å². The van der Waals surface area contributed by atoms with Crippen LogP contribution in [-0.2, 0) is 4.74 Å². The van der Waals surface area contributed by atoms with Gasteiger partial charge in [0.2, 0.25) is 0 Å². The predicted molar refractivity (Wildman–Crippen MR) is 70.3 cm³/mol. The molecule has 1 aromatic rings. The third kappa shape index (κ3) is 2.94. The van der Waals surface area contributed by atoms with Crippen LogP contribution in [-0.4, -0.2) is 33.5 Å². The van der Waals surface area contributed by atoms with E-state index in [1.807, 2.05) is 12.1 Å². The molecule has 18 heavy (non-hydrogen) atoms. The zero-order valence-corrected chi connectivity index (χ0v) is 11.2. The quantitative estimate of drug-likeness (QED) is 0.870. The van der Waals surface area contributed by atoms with E-state index in [1.54, 1.807) is 14.2 Å². The summed E-state index contributed by atoms with van der Waals surface area (Å²) >= 11 is 0. The smallest absolute Gasteiger partial charge is 0.161 e. The molecule has 0 aliphatic carbocycles. The van der Waals surface area contributed by atoms with Gasteiger partial charge in [0, 0.05) is 18.7 Å². The van der Waals surface area contributed by atoms with Crippen molar-refractivity contribution in [3.63, 3.8) is 0 Å². The molecule has 1 aliphatic heterocycles. The number of hydrogen-bond donors (Lipinski definition) is 1. The summed E-state index contributed by atoms with van der Waals surface area (Å²) in [6.07, 6.45) is 1.08. The fraction of sp³-hybridized carbons (Fsp3) is 0.571. The van der Waals surface area contributed by atoms with Crippen LogP contribution < -0.4 is 14.8 Å². The maximum Gasteiger partial charge on any atom is 0.161 e. The standard InChI is InChI=1S/C14H21NO3/c1-10(15-12-6-7-18-9-12)11-4-5-13(16-2)14(8-11)17-3/h4-5,8,10,12,15H,6-7,9H2,1-3H3. The number of methoxy groups -OCH3 is 2. The average molecular weight is 251 g/mol. The Morgan fingerprint density at radius 1 is 1.28 bits per heavy atom. The Morgan fingerprint density at radius 2 is 2.06 bits per heavy atom. The lowest BCUT2D eigenvalue weighted by Crippen LogP contribution is -2.31. The first-order valence-corrected chi connectivity index (χ1v) is 6.30. The summed E-state index contributed by atoms with van der Waals surface area (Å²) in [6.45, 7) is 3.81. The summed E-state index contributed by atoms with van der Waals surface area (Å²) in [5.74, 6) is 1.53. The Kier molecular flexibility index (Phi) is 4.44. The zero-order valence-electron chi connectivity index (χ0n) is 11.2. The summed E-state index contributed by atoms with van der Waals surface area (Å²) in [4.78, 5) is 0. The Bertz CT molecular complexity index is 389. The maximum atomic E-state index is 5.37. The normalized spacial score (nSPS) is 20.7. The molecule has 0 bridgehead atoms. The third-order valence-corrected chi connectivity index (χ3v) is 3.32. The van der Waals surface area contributed by atoms with Crippen LogP contribution in [0.3, 0.4) is 0 Å². The molecule has 2 unspecified atom stereocenters. The van der Waals surface area contributed by atoms with Crippen LogP contribution in [0.1, 0.15) is 24.9 Å².